The van der Waals surface area contributed by atoms with Crippen LogP contribution in [0.25, 0.3) is 5.69 Å². The lowest BCUT2D eigenvalue weighted by Gasteiger charge is -2.07. The van der Waals surface area contributed by atoms with Gasteiger partial charge in [-0.05, 0) is 12.5 Å². The highest BCUT2D eigenvalue weighted by molar-refractivity contribution is 5.93. The first-order chi connectivity index (χ1) is 11.1. The fraction of sp³-hybridized carbons (Fsp3) is 0.188. The van der Waals surface area contributed by atoms with Gasteiger partial charge in [0.1, 0.15) is 0 Å². The third kappa shape index (κ3) is 2.94. The summed E-state index contributed by atoms with van der Waals surface area (Å²) >= 11 is 0. The number of carbonyl (C=O) groups excluding carboxylic acids is 1. The molecule has 23 heavy (non-hydrogen) atoms. The Bertz CT molecular complexity index is 912. The van der Waals surface area contributed by atoms with Crippen molar-refractivity contribution in [3.05, 3.63) is 69.9 Å². The summed E-state index contributed by atoms with van der Waals surface area (Å²) in [5, 5.41) is 11.9. The average Bonchev–Trinajstić information content (AvgIpc) is 2.92. The van der Waals surface area contributed by atoms with Gasteiger partial charge < -0.3 is 0 Å². The summed E-state index contributed by atoms with van der Waals surface area (Å²) in [4.78, 5) is 23.7. The van der Waals surface area contributed by atoms with Gasteiger partial charge in [0, 0.05) is 13.0 Å². The molecule has 0 aliphatic heterocycles. The van der Waals surface area contributed by atoms with Crippen LogP contribution >= 0.6 is 0 Å². The van der Waals surface area contributed by atoms with E-state index >= 15 is 0 Å². The molecular formula is C16H15N5O2. The number of hydrogen-bond donors (Lipinski definition) is 0. The lowest BCUT2D eigenvalue weighted by atomic mass is 10.2. The lowest BCUT2D eigenvalue weighted by molar-refractivity contribution is 0.101. The van der Waals surface area contributed by atoms with E-state index in [1.165, 1.54) is 28.6 Å². The van der Waals surface area contributed by atoms with Crippen LogP contribution < -0.4 is 5.56 Å². The molecule has 0 fully saturated rings. The van der Waals surface area contributed by atoms with Crippen LogP contribution in [0.3, 0.4) is 0 Å². The third-order valence-corrected chi connectivity index (χ3v) is 3.50. The summed E-state index contributed by atoms with van der Waals surface area (Å²) < 4.78 is 2.81. The van der Waals surface area contributed by atoms with Gasteiger partial charge in [-0.3, -0.25) is 9.59 Å². The molecule has 7 nitrogen and oxygen atoms in total. The molecule has 0 spiro atoms. The lowest BCUT2D eigenvalue weighted by Crippen LogP contribution is -2.23. The minimum atomic E-state index is -0.245. The maximum atomic E-state index is 12.2. The van der Waals surface area contributed by atoms with E-state index in [0.717, 1.165) is 5.56 Å². The molecule has 3 aromatic rings. The van der Waals surface area contributed by atoms with Gasteiger partial charge in [0.2, 0.25) is 0 Å². The van der Waals surface area contributed by atoms with Crippen LogP contribution in [0.2, 0.25) is 0 Å². The monoisotopic (exact) mass is 309 g/mol. The standard InChI is InChI=1S/C16H15N5O2/c1-11-16(12(2)22)18-19-21(11)14-8-15(23)20(17-9-14)10-13-6-4-3-5-7-13/h3-9H,10H2,1-2H3. The normalized spacial score (nSPS) is 10.7. The number of nitrogens with zero attached hydrogens (tertiary/aromatic N) is 5. The second-order valence-corrected chi connectivity index (χ2v) is 5.19. The summed E-state index contributed by atoms with van der Waals surface area (Å²) in [6.45, 7) is 3.55. The molecule has 0 radical (unpaired) electrons. The Balaban J connectivity index is 1.94. The molecule has 7 heteroatoms. The van der Waals surface area contributed by atoms with Gasteiger partial charge in [-0.25, -0.2) is 9.36 Å². The van der Waals surface area contributed by atoms with Crippen molar-refractivity contribution in [3.8, 4) is 5.69 Å². The molecule has 0 aliphatic rings. The van der Waals surface area contributed by atoms with Crippen LogP contribution in [0.1, 0.15) is 28.7 Å². The number of carbonyl (C=O) groups is 1. The molecule has 0 bridgehead atoms. The van der Waals surface area contributed by atoms with Gasteiger partial charge in [0.15, 0.2) is 11.5 Å². The molecule has 0 amide bonds. The van der Waals surface area contributed by atoms with Crippen molar-refractivity contribution in [2.75, 3.05) is 0 Å². The van der Waals surface area contributed by atoms with Crippen LogP contribution in [0.5, 0.6) is 0 Å². The number of Topliss-reactive ketones (excluding diaryl/α,β-unsaturated/α-hetero) is 1. The molecule has 116 valence electrons. The minimum absolute atomic E-state index is 0.167. The highest BCUT2D eigenvalue weighted by Crippen LogP contribution is 2.10. The topological polar surface area (TPSA) is 82.7 Å². The Morgan fingerprint density at radius 3 is 2.57 bits per heavy atom. The van der Waals surface area contributed by atoms with Crippen molar-refractivity contribution in [1.29, 1.82) is 0 Å². The smallest absolute Gasteiger partial charge is 0.269 e. The summed E-state index contributed by atoms with van der Waals surface area (Å²) in [6.07, 6.45) is 1.54. The molecule has 2 heterocycles. The predicted molar refractivity (Wildman–Crippen MR) is 83.7 cm³/mol. The Morgan fingerprint density at radius 1 is 1.22 bits per heavy atom. The van der Waals surface area contributed by atoms with E-state index in [4.69, 9.17) is 0 Å². The Kier molecular flexibility index (Phi) is 3.84. The highest BCUT2D eigenvalue weighted by Gasteiger charge is 2.14. The number of rotatable bonds is 4. The van der Waals surface area contributed by atoms with Crippen molar-refractivity contribution in [1.82, 2.24) is 24.8 Å². The molecule has 0 saturated carbocycles. The van der Waals surface area contributed by atoms with Gasteiger partial charge in [0.05, 0.1) is 24.1 Å². The first-order valence-corrected chi connectivity index (χ1v) is 7.11. The van der Waals surface area contributed by atoms with Gasteiger partial charge in [0.25, 0.3) is 5.56 Å². The maximum Gasteiger partial charge on any atom is 0.269 e. The molecule has 0 N–H and O–H groups in total. The molecule has 0 atom stereocenters. The van der Waals surface area contributed by atoms with E-state index in [0.29, 0.717) is 23.6 Å². The van der Waals surface area contributed by atoms with Crippen LogP contribution in [0.4, 0.5) is 0 Å². The molecule has 0 saturated heterocycles. The van der Waals surface area contributed by atoms with E-state index in [2.05, 4.69) is 15.4 Å². The fourth-order valence-corrected chi connectivity index (χ4v) is 2.31. The van der Waals surface area contributed by atoms with Crippen molar-refractivity contribution < 1.29 is 4.79 Å². The van der Waals surface area contributed by atoms with Crippen molar-refractivity contribution in [2.24, 2.45) is 0 Å². The largest absolute Gasteiger partial charge is 0.293 e. The number of ketones is 1. The van der Waals surface area contributed by atoms with Crippen LogP contribution in [0, 0.1) is 6.92 Å². The average molecular weight is 309 g/mol. The molecule has 1 aromatic carbocycles. The Morgan fingerprint density at radius 2 is 1.96 bits per heavy atom. The van der Waals surface area contributed by atoms with E-state index in [-0.39, 0.29) is 11.3 Å². The van der Waals surface area contributed by atoms with Gasteiger partial charge in [-0.15, -0.1) is 5.10 Å². The van der Waals surface area contributed by atoms with Crippen molar-refractivity contribution >= 4 is 5.78 Å². The minimum Gasteiger partial charge on any atom is -0.293 e. The zero-order chi connectivity index (χ0) is 16.4. The quantitative estimate of drug-likeness (QED) is 0.680. The predicted octanol–water partition coefficient (Wildman–Crippen LogP) is 1.38. The third-order valence-electron chi connectivity index (χ3n) is 3.50. The Hall–Kier alpha value is -3.09. The van der Waals surface area contributed by atoms with Gasteiger partial charge in [-0.1, -0.05) is 35.5 Å². The molecule has 3 rings (SSSR count). The van der Waals surface area contributed by atoms with Crippen LogP contribution in [-0.2, 0) is 6.54 Å². The zero-order valence-electron chi connectivity index (χ0n) is 12.8. The molecule has 0 aliphatic carbocycles. The maximum absolute atomic E-state index is 12.2. The summed E-state index contributed by atoms with van der Waals surface area (Å²) in [6, 6.07) is 11.0. The summed E-state index contributed by atoms with van der Waals surface area (Å²) in [7, 11) is 0. The van der Waals surface area contributed by atoms with Crippen molar-refractivity contribution in [3.63, 3.8) is 0 Å². The van der Waals surface area contributed by atoms with Crippen LogP contribution in [0.15, 0.2) is 47.4 Å². The number of benzene rings is 1. The van der Waals surface area contributed by atoms with E-state index in [9.17, 15) is 9.59 Å². The van der Waals surface area contributed by atoms with Crippen LogP contribution in [-0.4, -0.2) is 30.6 Å². The van der Waals surface area contributed by atoms with E-state index < -0.39 is 0 Å². The Labute approximate surface area is 132 Å². The second kappa shape index (κ2) is 5.96. The first-order valence-electron chi connectivity index (χ1n) is 7.11. The van der Waals surface area contributed by atoms with Gasteiger partial charge in [-0.2, -0.15) is 5.10 Å². The molecule has 0 unspecified atom stereocenters. The first kappa shape index (κ1) is 14.8. The second-order valence-electron chi connectivity index (χ2n) is 5.19. The highest BCUT2D eigenvalue weighted by atomic mass is 16.1. The summed E-state index contributed by atoms with van der Waals surface area (Å²) in [5.74, 6) is -0.167. The molecule has 2 aromatic heterocycles. The summed E-state index contributed by atoms with van der Waals surface area (Å²) in [5.41, 5.74) is 2.10. The zero-order valence-corrected chi connectivity index (χ0v) is 12.8. The van der Waals surface area contributed by atoms with Gasteiger partial charge >= 0.3 is 0 Å². The van der Waals surface area contributed by atoms with Crippen molar-refractivity contribution in [2.45, 2.75) is 20.4 Å². The fourth-order valence-electron chi connectivity index (χ4n) is 2.31. The molecular weight excluding hydrogens is 294 g/mol. The van der Waals surface area contributed by atoms with E-state index in [1.807, 2.05) is 30.3 Å². The number of aromatic nitrogens is 5. The SMILES string of the molecule is CC(=O)c1nnn(-c2cnn(Cc3ccccc3)c(=O)c2)c1C. The number of hydrogen-bond acceptors (Lipinski definition) is 5. The van der Waals surface area contributed by atoms with E-state index in [1.54, 1.807) is 6.92 Å².